The van der Waals surface area contributed by atoms with Gasteiger partial charge < -0.3 is 9.80 Å². The number of anilines is 6. The highest BCUT2D eigenvalue weighted by molar-refractivity contribution is 6.00. The number of para-hydroxylation sites is 2. The molecule has 0 N–H and O–H groups in total. The molecule has 0 aromatic heterocycles. The molecule has 230 valence electrons. The lowest BCUT2D eigenvalue weighted by molar-refractivity contribution is 1.18. The molecule has 9 rings (SSSR count). The largest absolute Gasteiger partial charge is 0.310 e. The normalized spacial score (nSPS) is 12.2. The summed E-state index contributed by atoms with van der Waals surface area (Å²) in [7, 11) is 0. The quantitative estimate of drug-likeness (QED) is 0.183. The van der Waals surface area contributed by atoms with Crippen molar-refractivity contribution in [2.75, 3.05) is 9.80 Å². The number of benzene rings is 7. The number of hydrogen-bond donors (Lipinski definition) is 0. The van der Waals surface area contributed by atoms with Gasteiger partial charge in [0.15, 0.2) is 0 Å². The number of hydrogen-bond acceptors (Lipinski definition) is 2. The molecular formula is C46H36N2. The molecule has 2 aliphatic carbocycles. The second-order valence-corrected chi connectivity index (χ2v) is 13.1. The van der Waals surface area contributed by atoms with Gasteiger partial charge in [-0.3, -0.25) is 0 Å². The summed E-state index contributed by atoms with van der Waals surface area (Å²) in [5, 5.41) is 0. The first kappa shape index (κ1) is 28.4. The van der Waals surface area contributed by atoms with Crippen molar-refractivity contribution in [3.05, 3.63) is 191 Å². The first-order valence-corrected chi connectivity index (χ1v) is 16.9. The van der Waals surface area contributed by atoms with Gasteiger partial charge in [-0.25, -0.2) is 0 Å². The monoisotopic (exact) mass is 616 g/mol. The molecule has 0 saturated heterocycles. The summed E-state index contributed by atoms with van der Waals surface area (Å²) < 4.78 is 0. The average Bonchev–Trinajstić information content (AvgIpc) is 3.69. The fourth-order valence-corrected chi connectivity index (χ4v) is 7.73. The van der Waals surface area contributed by atoms with Crippen LogP contribution in [-0.4, -0.2) is 0 Å². The Hall–Kier alpha value is -5.86. The SMILES string of the molecule is Cc1ccc(N(c2ccccc2)c2ccc3c(c2)Cc2cc(N(c4ccccc4)c4ccc(C)cc4)c4c(c2-3)-c2ccccc2C4)cc1. The molecule has 0 unspecified atom stereocenters. The van der Waals surface area contributed by atoms with Crippen LogP contribution in [0, 0.1) is 13.8 Å². The van der Waals surface area contributed by atoms with E-state index >= 15 is 0 Å². The summed E-state index contributed by atoms with van der Waals surface area (Å²) in [5.41, 5.74) is 20.7. The predicted molar refractivity (Wildman–Crippen MR) is 202 cm³/mol. The highest BCUT2D eigenvalue weighted by atomic mass is 15.1. The van der Waals surface area contributed by atoms with Crippen LogP contribution in [-0.2, 0) is 12.8 Å². The van der Waals surface area contributed by atoms with E-state index in [1.54, 1.807) is 0 Å². The first-order valence-electron chi connectivity index (χ1n) is 16.9. The molecule has 2 nitrogen and oxygen atoms in total. The van der Waals surface area contributed by atoms with Gasteiger partial charge in [-0.05, 0) is 132 Å². The molecule has 0 amide bonds. The van der Waals surface area contributed by atoms with E-state index in [9.17, 15) is 0 Å². The molecule has 48 heavy (non-hydrogen) atoms. The van der Waals surface area contributed by atoms with E-state index in [-0.39, 0.29) is 0 Å². The Morgan fingerprint density at radius 2 is 0.896 bits per heavy atom. The predicted octanol–water partition coefficient (Wildman–Crippen LogP) is 12.4. The van der Waals surface area contributed by atoms with E-state index in [1.807, 2.05) is 0 Å². The molecule has 7 aromatic rings. The number of aryl methyl sites for hydroxylation is 2. The molecule has 0 aliphatic heterocycles. The maximum absolute atomic E-state index is 2.49. The minimum Gasteiger partial charge on any atom is -0.310 e. The molecule has 2 aliphatic rings. The Labute approximate surface area is 283 Å². The smallest absolute Gasteiger partial charge is 0.0506 e. The van der Waals surface area contributed by atoms with Crippen molar-refractivity contribution in [1.82, 2.24) is 0 Å². The van der Waals surface area contributed by atoms with Crippen molar-refractivity contribution in [3.8, 4) is 22.3 Å². The first-order chi connectivity index (χ1) is 23.6. The third kappa shape index (κ3) is 4.72. The van der Waals surface area contributed by atoms with Crippen molar-refractivity contribution in [3.63, 3.8) is 0 Å². The summed E-state index contributed by atoms with van der Waals surface area (Å²) >= 11 is 0. The second-order valence-electron chi connectivity index (χ2n) is 13.1. The highest BCUT2D eigenvalue weighted by Gasteiger charge is 2.33. The molecule has 2 heteroatoms. The lowest BCUT2D eigenvalue weighted by Crippen LogP contribution is -2.13. The van der Waals surface area contributed by atoms with Gasteiger partial charge >= 0.3 is 0 Å². The summed E-state index contributed by atoms with van der Waals surface area (Å²) in [4.78, 5) is 4.84. The second kappa shape index (κ2) is 11.4. The van der Waals surface area contributed by atoms with Crippen molar-refractivity contribution >= 4 is 34.1 Å². The maximum Gasteiger partial charge on any atom is 0.0506 e. The lowest BCUT2D eigenvalue weighted by atomic mass is 9.92. The van der Waals surface area contributed by atoms with Gasteiger partial charge in [0.2, 0.25) is 0 Å². The van der Waals surface area contributed by atoms with E-state index in [0.717, 1.165) is 24.2 Å². The van der Waals surface area contributed by atoms with Gasteiger partial charge in [0.1, 0.15) is 0 Å². The topological polar surface area (TPSA) is 6.48 Å². The molecule has 0 bridgehead atoms. The van der Waals surface area contributed by atoms with E-state index in [1.165, 1.54) is 78.4 Å². The van der Waals surface area contributed by atoms with E-state index in [0.29, 0.717) is 0 Å². The van der Waals surface area contributed by atoms with Gasteiger partial charge in [-0.1, -0.05) is 102 Å². The number of fused-ring (bicyclic) bond motifs is 7. The van der Waals surface area contributed by atoms with Crippen LogP contribution in [0.2, 0.25) is 0 Å². The van der Waals surface area contributed by atoms with Gasteiger partial charge in [-0.2, -0.15) is 0 Å². The lowest BCUT2D eigenvalue weighted by Gasteiger charge is -2.29. The van der Waals surface area contributed by atoms with E-state index < -0.39 is 0 Å². The van der Waals surface area contributed by atoms with Gasteiger partial charge in [0.05, 0.1) is 5.69 Å². The highest BCUT2D eigenvalue weighted by Crippen LogP contribution is 2.54. The van der Waals surface area contributed by atoms with Crippen LogP contribution in [0.3, 0.4) is 0 Å². The van der Waals surface area contributed by atoms with Gasteiger partial charge in [0, 0.05) is 34.9 Å². The van der Waals surface area contributed by atoms with Crippen LogP contribution >= 0.6 is 0 Å². The Kier molecular flexibility index (Phi) is 6.76. The van der Waals surface area contributed by atoms with Crippen molar-refractivity contribution in [2.24, 2.45) is 0 Å². The summed E-state index contributed by atoms with van der Waals surface area (Å²) in [6.07, 6.45) is 1.82. The summed E-state index contributed by atoms with van der Waals surface area (Å²) in [6.45, 7) is 4.30. The minimum atomic E-state index is 0.897. The number of rotatable bonds is 6. The maximum atomic E-state index is 2.49. The van der Waals surface area contributed by atoms with Crippen molar-refractivity contribution in [1.29, 1.82) is 0 Å². The fraction of sp³-hybridized carbons (Fsp3) is 0.0870. The summed E-state index contributed by atoms with van der Waals surface area (Å²) in [5.74, 6) is 0. The van der Waals surface area contributed by atoms with Crippen LogP contribution in [0.4, 0.5) is 34.1 Å². The average molecular weight is 617 g/mol. The standard InChI is InChI=1S/C46H36N2/c1-31-17-21-38(22-18-31)47(36-12-5-3-6-13-36)40-25-26-42-34(28-40)27-35-30-44(43-29-33-11-9-10-16-41(33)46(43)45(35)42)48(37-14-7-4-8-15-37)39-23-19-32(2)20-24-39/h3-26,28,30H,27,29H2,1-2H3. The fourth-order valence-electron chi connectivity index (χ4n) is 7.73. The van der Waals surface area contributed by atoms with Gasteiger partial charge in [-0.15, -0.1) is 0 Å². The Balaban J connectivity index is 1.23. The molecule has 0 radical (unpaired) electrons. The van der Waals surface area contributed by atoms with Crippen LogP contribution in [0.15, 0.2) is 158 Å². The van der Waals surface area contributed by atoms with Gasteiger partial charge in [0.25, 0.3) is 0 Å². The van der Waals surface area contributed by atoms with Crippen LogP contribution in [0.25, 0.3) is 22.3 Å². The molecular weight excluding hydrogens is 581 g/mol. The Bertz CT molecular complexity index is 2290. The molecule has 0 heterocycles. The molecule has 7 aromatic carbocycles. The third-order valence-electron chi connectivity index (χ3n) is 10.00. The summed E-state index contributed by atoms with van der Waals surface area (Å²) in [6, 6.07) is 58.0. The Morgan fingerprint density at radius 1 is 0.375 bits per heavy atom. The van der Waals surface area contributed by atoms with Crippen LogP contribution < -0.4 is 9.80 Å². The third-order valence-corrected chi connectivity index (χ3v) is 10.00. The zero-order valence-corrected chi connectivity index (χ0v) is 27.3. The minimum absolute atomic E-state index is 0.897. The molecule has 0 spiro atoms. The molecule has 0 saturated carbocycles. The van der Waals surface area contributed by atoms with Crippen LogP contribution in [0.1, 0.15) is 33.4 Å². The van der Waals surface area contributed by atoms with Crippen molar-refractivity contribution in [2.45, 2.75) is 26.7 Å². The number of nitrogens with zero attached hydrogens (tertiary/aromatic N) is 2. The van der Waals surface area contributed by atoms with Crippen molar-refractivity contribution < 1.29 is 0 Å². The molecule has 0 fully saturated rings. The molecule has 0 atom stereocenters. The zero-order valence-electron chi connectivity index (χ0n) is 27.3. The van der Waals surface area contributed by atoms with Crippen LogP contribution in [0.5, 0.6) is 0 Å². The van der Waals surface area contributed by atoms with E-state index in [2.05, 4.69) is 181 Å². The Morgan fingerprint density at radius 3 is 1.56 bits per heavy atom. The zero-order chi connectivity index (χ0) is 32.2. The van der Waals surface area contributed by atoms with E-state index in [4.69, 9.17) is 0 Å².